The molecule has 0 saturated heterocycles. The van der Waals surface area contributed by atoms with Gasteiger partial charge >= 0.3 is 11.9 Å². The van der Waals surface area contributed by atoms with Crippen LogP contribution >= 0.6 is 0 Å². The first-order valence-corrected chi connectivity index (χ1v) is 7.22. The van der Waals surface area contributed by atoms with Crippen LogP contribution in [0, 0.1) is 0 Å². The second-order valence-corrected chi connectivity index (χ2v) is 4.77. The van der Waals surface area contributed by atoms with Gasteiger partial charge in [0.15, 0.2) is 5.78 Å². The third-order valence-corrected chi connectivity index (χ3v) is 3.24. The number of pyridine rings is 1. The highest BCUT2D eigenvalue weighted by Crippen LogP contribution is 2.19. The van der Waals surface area contributed by atoms with Gasteiger partial charge in [-0.2, -0.15) is 0 Å². The van der Waals surface area contributed by atoms with Crippen LogP contribution in [0.4, 0.5) is 0 Å². The van der Waals surface area contributed by atoms with Gasteiger partial charge in [0, 0.05) is 19.3 Å². The van der Waals surface area contributed by atoms with Gasteiger partial charge in [0.1, 0.15) is 11.4 Å². The lowest BCUT2D eigenvalue weighted by molar-refractivity contribution is -0.141. The molecule has 0 N–H and O–H groups in total. The van der Waals surface area contributed by atoms with Gasteiger partial charge in [-0.1, -0.05) is 0 Å². The molecule has 0 amide bonds. The van der Waals surface area contributed by atoms with Crippen LogP contribution < -0.4 is 4.74 Å². The van der Waals surface area contributed by atoms with Crippen molar-refractivity contribution in [3.63, 3.8) is 0 Å². The van der Waals surface area contributed by atoms with Crippen LogP contribution in [-0.2, 0) is 25.5 Å². The molecule has 0 aliphatic heterocycles. The zero-order valence-electron chi connectivity index (χ0n) is 13.6. The van der Waals surface area contributed by atoms with E-state index >= 15 is 0 Å². The molecule has 0 fully saturated rings. The Morgan fingerprint density at radius 3 is 2.22 bits per heavy atom. The Balaban J connectivity index is 2.73. The van der Waals surface area contributed by atoms with Gasteiger partial charge in [0.25, 0.3) is 0 Å². The molecule has 0 bridgehead atoms. The van der Waals surface area contributed by atoms with Crippen molar-refractivity contribution in [1.29, 1.82) is 0 Å². The largest absolute Gasteiger partial charge is 0.495 e. The number of methoxy groups -OCH3 is 3. The van der Waals surface area contributed by atoms with Crippen LogP contribution in [0.3, 0.4) is 0 Å². The van der Waals surface area contributed by atoms with Crippen LogP contribution in [0.15, 0.2) is 12.1 Å². The van der Waals surface area contributed by atoms with E-state index in [0.29, 0.717) is 24.3 Å². The zero-order valence-corrected chi connectivity index (χ0v) is 13.6. The molecule has 1 rings (SSSR count). The van der Waals surface area contributed by atoms with E-state index in [-0.39, 0.29) is 42.7 Å². The number of aromatic nitrogens is 1. The smallest absolute Gasteiger partial charge is 0.305 e. The van der Waals surface area contributed by atoms with Gasteiger partial charge in [-0.15, -0.1) is 0 Å². The van der Waals surface area contributed by atoms with Crippen LogP contribution in [0.1, 0.15) is 41.9 Å². The molecule has 1 aromatic rings. The number of hydrogen-bond donors (Lipinski definition) is 0. The molecular formula is C16H21NO6. The van der Waals surface area contributed by atoms with E-state index in [1.54, 1.807) is 12.1 Å². The maximum atomic E-state index is 12.1. The normalized spacial score (nSPS) is 10.0. The topological polar surface area (TPSA) is 91.8 Å². The SMILES string of the molecule is COC(=O)CCCC(=O)c1ccc(OC)c(CCC(=O)OC)n1. The second-order valence-electron chi connectivity index (χ2n) is 4.77. The van der Waals surface area contributed by atoms with E-state index in [9.17, 15) is 14.4 Å². The lowest BCUT2D eigenvalue weighted by Crippen LogP contribution is -2.09. The predicted octanol–water partition coefficient (Wildman–Crippen LogP) is 1.72. The molecule has 1 heterocycles. The minimum absolute atomic E-state index is 0.153. The van der Waals surface area contributed by atoms with Crippen LogP contribution in [0.25, 0.3) is 0 Å². The summed E-state index contributed by atoms with van der Waals surface area (Å²) in [6.45, 7) is 0. The Kier molecular flexibility index (Phi) is 7.73. The number of ketones is 1. The Labute approximate surface area is 134 Å². The number of hydrogen-bond acceptors (Lipinski definition) is 7. The Bertz CT molecular complexity index is 570. The maximum absolute atomic E-state index is 12.1. The molecule has 7 heteroatoms. The van der Waals surface area contributed by atoms with Gasteiger partial charge in [-0.25, -0.2) is 4.98 Å². The summed E-state index contributed by atoms with van der Waals surface area (Å²) in [6.07, 6.45) is 1.26. The number of carbonyl (C=O) groups is 3. The third kappa shape index (κ3) is 6.06. The summed E-state index contributed by atoms with van der Waals surface area (Å²) in [6, 6.07) is 3.22. The lowest BCUT2D eigenvalue weighted by atomic mass is 10.1. The molecule has 0 atom stereocenters. The van der Waals surface area contributed by atoms with Crippen molar-refractivity contribution in [1.82, 2.24) is 4.98 Å². The summed E-state index contributed by atoms with van der Waals surface area (Å²) >= 11 is 0. The summed E-state index contributed by atoms with van der Waals surface area (Å²) in [5, 5.41) is 0. The van der Waals surface area contributed by atoms with Crippen molar-refractivity contribution >= 4 is 17.7 Å². The summed E-state index contributed by atoms with van der Waals surface area (Å²) in [7, 11) is 4.12. The van der Waals surface area contributed by atoms with E-state index in [2.05, 4.69) is 14.5 Å². The van der Waals surface area contributed by atoms with Crippen molar-refractivity contribution in [2.24, 2.45) is 0 Å². The van der Waals surface area contributed by atoms with Crippen LogP contribution in [0.5, 0.6) is 5.75 Å². The fourth-order valence-corrected chi connectivity index (χ4v) is 1.95. The molecule has 0 aromatic carbocycles. The van der Waals surface area contributed by atoms with E-state index in [4.69, 9.17) is 4.74 Å². The predicted molar refractivity (Wildman–Crippen MR) is 81.3 cm³/mol. The molecule has 126 valence electrons. The van der Waals surface area contributed by atoms with E-state index in [1.807, 2.05) is 0 Å². The number of ether oxygens (including phenoxy) is 3. The van der Waals surface area contributed by atoms with Gasteiger partial charge < -0.3 is 14.2 Å². The molecule has 23 heavy (non-hydrogen) atoms. The van der Waals surface area contributed by atoms with E-state index < -0.39 is 0 Å². The molecular weight excluding hydrogens is 302 g/mol. The van der Waals surface area contributed by atoms with Crippen molar-refractivity contribution in [3.8, 4) is 5.75 Å². The zero-order chi connectivity index (χ0) is 17.2. The molecule has 7 nitrogen and oxygen atoms in total. The van der Waals surface area contributed by atoms with Crippen LogP contribution in [0.2, 0.25) is 0 Å². The van der Waals surface area contributed by atoms with Gasteiger partial charge in [0.2, 0.25) is 0 Å². The quantitative estimate of drug-likeness (QED) is 0.504. The van der Waals surface area contributed by atoms with Crippen molar-refractivity contribution < 1.29 is 28.6 Å². The minimum Gasteiger partial charge on any atom is -0.495 e. The number of nitrogens with zero attached hydrogens (tertiary/aromatic N) is 1. The third-order valence-electron chi connectivity index (χ3n) is 3.24. The molecule has 0 saturated carbocycles. The van der Waals surface area contributed by atoms with E-state index in [0.717, 1.165) is 0 Å². The Hall–Kier alpha value is -2.44. The summed E-state index contributed by atoms with van der Waals surface area (Å²) < 4.78 is 14.3. The summed E-state index contributed by atoms with van der Waals surface area (Å²) in [5.41, 5.74) is 0.812. The number of rotatable bonds is 9. The Morgan fingerprint density at radius 1 is 0.957 bits per heavy atom. The molecule has 0 aliphatic carbocycles. The van der Waals surface area contributed by atoms with Gasteiger partial charge in [-0.3, -0.25) is 14.4 Å². The first kappa shape index (κ1) is 18.6. The van der Waals surface area contributed by atoms with Crippen LogP contribution in [-0.4, -0.2) is 44.0 Å². The van der Waals surface area contributed by atoms with Crippen molar-refractivity contribution in [3.05, 3.63) is 23.5 Å². The fourth-order valence-electron chi connectivity index (χ4n) is 1.95. The lowest BCUT2D eigenvalue weighted by Gasteiger charge is -2.09. The van der Waals surface area contributed by atoms with Gasteiger partial charge in [-0.05, 0) is 18.6 Å². The molecule has 0 radical (unpaired) electrons. The number of esters is 2. The number of aryl methyl sites for hydroxylation is 1. The van der Waals surface area contributed by atoms with Crippen molar-refractivity contribution in [2.75, 3.05) is 21.3 Å². The highest BCUT2D eigenvalue weighted by Gasteiger charge is 2.14. The summed E-state index contributed by atoms with van der Waals surface area (Å²) in [4.78, 5) is 38.7. The highest BCUT2D eigenvalue weighted by molar-refractivity contribution is 5.94. The second kappa shape index (κ2) is 9.55. The average molecular weight is 323 g/mol. The fraction of sp³-hybridized carbons (Fsp3) is 0.500. The van der Waals surface area contributed by atoms with Gasteiger partial charge in [0.05, 0.1) is 33.4 Å². The molecule has 0 aliphatic rings. The average Bonchev–Trinajstić information content (AvgIpc) is 2.58. The first-order chi connectivity index (χ1) is 11.0. The summed E-state index contributed by atoms with van der Waals surface area (Å²) in [5.74, 6) is -0.362. The number of Topliss-reactive ketones (excluding diaryl/α,β-unsaturated/α-hetero) is 1. The van der Waals surface area contributed by atoms with Crippen molar-refractivity contribution in [2.45, 2.75) is 32.1 Å². The standard InChI is InChI=1S/C16H21NO6/c1-21-14-9-7-11(13(18)5-4-6-15(19)22-2)17-12(14)8-10-16(20)23-3/h7,9H,4-6,8,10H2,1-3H3. The molecule has 0 spiro atoms. The van der Waals surface area contributed by atoms with E-state index in [1.165, 1.54) is 21.3 Å². The molecule has 1 aromatic heterocycles. The number of carbonyl (C=O) groups excluding carboxylic acids is 3. The first-order valence-electron chi connectivity index (χ1n) is 7.22. The maximum Gasteiger partial charge on any atom is 0.305 e. The monoisotopic (exact) mass is 323 g/mol. The molecule has 0 unspecified atom stereocenters. The Morgan fingerprint density at radius 2 is 1.61 bits per heavy atom. The minimum atomic E-state index is -0.358. The highest BCUT2D eigenvalue weighted by atomic mass is 16.5.